The number of para-hydroxylation sites is 1. The molecule has 4 aromatic rings. The maximum absolute atomic E-state index is 12.7. The molecular formula is C23H21ClN4O2S. The molecule has 0 unspecified atom stereocenters. The van der Waals surface area contributed by atoms with Gasteiger partial charge in [-0.3, -0.25) is 9.36 Å². The lowest BCUT2D eigenvalue weighted by molar-refractivity contribution is -0.113. The fourth-order valence-electron chi connectivity index (χ4n) is 3.26. The van der Waals surface area contributed by atoms with Crippen molar-refractivity contribution in [2.45, 2.75) is 25.4 Å². The highest BCUT2D eigenvalue weighted by Gasteiger charge is 2.19. The van der Waals surface area contributed by atoms with Gasteiger partial charge < -0.3 is 9.73 Å². The fourth-order valence-corrected chi connectivity index (χ4v) is 4.14. The van der Waals surface area contributed by atoms with Crippen molar-refractivity contribution >= 4 is 35.0 Å². The molecule has 2 aromatic heterocycles. The molecule has 1 N–H and O–H groups in total. The van der Waals surface area contributed by atoms with Gasteiger partial charge in [0, 0.05) is 16.4 Å². The van der Waals surface area contributed by atoms with Gasteiger partial charge in [-0.05, 0) is 60.9 Å². The number of hydrogen-bond acceptors (Lipinski definition) is 5. The van der Waals surface area contributed by atoms with E-state index < -0.39 is 0 Å². The highest BCUT2D eigenvalue weighted by Crippen LogP contribution is 2.29. The molecule has 2 aromatic carbocycles. The Bertz CT molecular complexity index is 1190. The number of rotatable bonds is 7. The molecule has 6 nitrogen and oxygen atoms in total. The average Bonchev–Trinajstić information content (AvgIpc) is 3.44. The first kappa shape index (κ1) is 21.2. The molecule has 0 saturated carbocycles. The lowest BCUT2D eigenvalue weighted by Gasteiger charge is -2.13. The Morgan fingerprint density at radius 3 is 2.65 bits per heavy atom. The quantitative estimate of drug-likeness (QED) is 0.360. The van der Waals surface area contributed by atoms with Crippen molar-refractivity contribution in [3.05, 3.63) is 77.0 Å². The Balaban J connectivity index is 1.58. The molecule has 2 heterocycles. The Labute approximate surface area is 189 Å². The Hall–Kier alpha value is -3.03. The molecule has 158 valence electrons. The zero-order valence-corrected chi connectivity index (χ0v) is 18.7. The van der Waals surface area contributed by atoms with E-state index in [0.29, 0.717) is 21.8 Å². The van der Waals surface area contributed by atoms with Crippen LogP contribution in [0.25, 0.3) is 17.3 Å². The smallest absolute Gasteiger partial charge is 0.234 e. The van der Waals surface area contributed by atoms with Crippen LogP contribution in [-0.4, -0.2) is 26.4 Å². The first-order chi connectivity index (χ1) is 15.1. The Kier molecular flexibility index (Phi) is 6.44. The predicted octanol–water partition coefficient (Wildman–Crippen LogP) is 5.78. The molecule has 0 aliphatic heterocycles. The normalized spacial score (nSPS) is 10.9. The molecule has 0 radical (unpaired) electrons. The van der Waals surface area contributed by atoms with Crippen LogP contribution < -0.4 is 5.32 Å². The number of nitrogens with one attached hydrogen (secondary N) is 1. The minimum Gasteiger partial charge on any atom is -0.461 e. The van der Waals surface area contributed by atoms with Gasteiger partial charge >= 0.3 is 0 Å². The zero-order valence-electron chi connectivity index (χ0n) is 17.1. The van der Waals surface area contributed by atoms with Gasteiger partial charge in [-0.1, -0.05) is 48.5 Å². The molecule has 0 bridgehead atoms. The van der Waals surface area contributed by atoms with Gasteiger partial charge in [-0.25, -0.2) is 0 Å². The third-order valence-corrected chi connectivity index (χ3v) is 5.98. The molecule has 0 aliphatic rings. The summed E-state index contributed by atoms with van der Waals surface area (Å²) in [6.07, 6.45) is 2.44. The molecule has 0 atom stereocenters. The SMILES string of the molecule is CCc1cccc(C)c1NC(=O)CSc1nnc(-c2ccco2)n1-c1ccc(Cl)cc1. The van der Waals surface area contributed by atoms with E-state index in [4.69, 9.17) is 16.0 Å². The van der Waals surface area contributed by atoms with Crippen molar-refractivity contribution in [1.82, 2.24) is 14.8 Å². The average molecular weight is 453 g/mol. The fraction of sp³-hybridized carbons (Fsp3) is 0.174. The second-order valence-electron chi connectivity index (χ2n) is 6.89. The van der Waals surface area contributed by atoms with E-state index in [1.54, 1.807) is 24.5 Å². The van der Waals surface area contributed by atoms with Crippen LogP contribution in [-0.2, 0) is 11.2 Å². The number of carbonyl (C=O) groups excluding carboxylic acids is 1. The number of nitrogens with zero attached hydrogens (tertiary/aromatic N) is 3. The van der Waals surface area contributed by atoms with Gasteiger partial charge in [0.1, 0.15) is 0 Å². The monoisotopic (exact) mass is 452 g/mol. The van der Waals surface area contributed by atoms with Crippen LogP contribution in [0.2, 0.25) is 5.02 Å². The molecule has 4 rings (SSSR count). The Morgan fingerprint density at radius 2 is 1.94 bits per heavy atom. The number of anilines is 1. The van der Waals surface area contributed by atoms with Crippen molar-refractivity contribution in [3.63, 3.8) is 0 Å². The largest absolute Gasteiger partial charge is 0.461 e. The minimum absolute atomic E-state index is 0.0980. The molecule has 0 fully saturated rings. The molecule has 0 spiro atoms. The number of hydrogen-bond donors (Lipinski definition) is 1. The van der Waals surface area contributed by atoms with Crippen LogP contribution in [0.4, 0.5) is 5.69 Å². The number of aromatic nitrogens is 3. The molecule has 0 saturated heterocycles. The Morgan fingerprint density at radius 1 is 1.13 bits per heavy atom. The summed E-state index contributed by atoms with van der Waals surface area (Å²) in [5.41, 5.74) is 3.87. The van der Waals surface area contributed by atoms with Crippen molar-refractivity contribution in [3.8, 4) is 17.3 Å². The van der Waals surface area contributed by atoms with Gasteiger partial charge in [0.25, 0.3) is 0 Å². The highest BCUT2D eigenvalue weighted by atomic mass is 35.5. The highest BCUT2D eigenvalue weighted by molar-refractivity contribution is 7.99. The number of benzene rings is 2. The third-order valence-electron chi connectivity index (χ3n) is 4.80. The van der Waals surface area contributed by atoms with E-state index in [0.717, 1.165) is 28.9 Å². The van der Waals surface area contributed by atoms with Gasteiger partial charge in [0.2, 0.25) is 11.7 Å². The second kappa shape index (κ2) is 9.41. The minimum atomic E-state index is -0.0980. The van der Waals surface area contributed by atoms with Crippen molar-refractivity contribution < 1.29 is 9.21 Å². The number of carbonyl (C=O) groups is 1. The van der Waals surface area contributed by atoms with Crippen LogP contribution in [0, 0.1) is 6.92 Å². The molecular weight excluding hydrogens is 432 g/mol. The number of thioether (sulfide) groups is 1. The van der Waals surface area contributed by atoms with E-state index in [9.17, 15) is 4.79 Å². The van der Waals surface area contributed by atoms with Gasteiger partial charge in [0.15, 0.2) is 10.9 Å². The third kappa shape index (κ3) is 4.68. The summed E-state index contributed by atoms with van der Waals surface area (Å²) in [6, 6.07) is 17.0. The first-order valence-corrected chi connectivity index (χ1v) is 11.2. The van der Waals surface area contributed by atoms with Crippen LogP contribution in [0.1, 0.15) is 18.1 Å². The number of halogens is 1. The van der Waals surface area contributed by atoms with Crippen molar-refractivity contribution in [1.29, 1.82) is 0 Å². The van der Waals surface area contributed by atoms with Gasteiger partial charge in [-0.2, -0.15) is 0 Å². The number of furan rings is 1. The van der Waals surface area contributed by atoms with Crippen molar-refractivity contribution in [2.75, 3.05) is 11.1 Å². The summed E-state index contributed by atoms with van der Waals surface area (Å²) < 4.78 is 7.38. The van der Waals surface area contributed by atoms with Crippen molar-refractivity contribution in [2.24, 2.45) is 0 Å². The van der Waals surface area contributed by atoms with Crippen LogP contribution in [0.3, 0.4) is 0 Å². The zero-order chi connectivity index (χ0) is 21.8. The van der Waals surface area contributed by atoms with Crippen LogP contribution in [0.15, 0.2) is 70.4 Å². The second-order valence-corrected chi connectivity index (χ2v) is 8.27. The number of amides is 1. The molecule has 0 aliphatic carbocycles. The van der Waals surface area contributed by atoms with Crippen LogP contribution in [0.5, 0.6) is 0 Å². The predicted molar refractivity (Wildman–Crippen MR) is 124 cm³/mol. The van der Waals surface area contributed by atoms with Gasteiger partial charge in [0.05, 0.1) is 12.0 Å². The number of aryl methyl sites for hydroxylation is 2. The van der Waals surface area contributed by atoms with Crippen LogP contribution >= 0.6 is 23.4 Å². The maximum Gasteiger partial charge on any atom is 0.234 e. The van der Waals surface area contributed by atoms with Gasteiger partial charge in [-0.15, -0.1) is 10.2 Å². The molecule has 31 heavy (non-hydrogen) atoms. The lowest BCUT2D eigenvalue weighted by Crippen LogP contribution is -2.16. The van der Waals surface area contributed by atoms with E-state index in [1.807, 2.05) is 47.9 Å². The summed E-state index contributed by atoms with van der Waals surface area (Å²) in [7, 11) is 0. The summed E-state index contributed by atoms with van der Waals surface area (Å²) in [4.78, 5) is 12.7. The topological polar surface area (TPSA) is 73.0 Å². The van der Waals surface area contributed by atoms with E-state index >= 15 is 0 Å². The standard InChI is InChI=1S/C23H21ClN4O2S/c1-3-16-7-4-6-15(2)21(16)25-20(29)14-31-23-27-26-22(19-8-5-13-30-19)28(23)18-11-9-17(24)10-12-18/h4-13H,3,14H2,1-2H3,(H,25,29). The van der Waals surface area contributed by atoms with E-state index in [2.05, 4.69) is 22.4 Å². The lowest BCUT2D eigenvalue weighted by atomic mass is 10.1. The summed E-state index contributed by atoms with van der Waals surface area (Å²) in [6.45, 7) is 4.07. The summed E-state index contributed by atoms with van der Waals surface area (Å²) in [5, 5.41) is 12.9. The summed E-state index contributed by atoms with van der Waals surface area (Å²) in [5.74, 6) is 1.24. The van der Waals surface area contributed by atoms with E-state index in [-0.39, 0.29) is 11.7 Å². The van der Waals surface area contributed by atoms with E-state index in [1.165, 1.54) is 11.8 Å². The maximum atomic E-state index is 12.7. The molecule has 8 heteroatoms. The summed E-state index contributed by atoms with van der Waals surface area (Å²) >= 11 is 7.37. The molecule has 1 amide bonds. The first-order valence-electron chi connectivity index (χ1n) is 9.83.